The molecular weight excluding hydrogens is 499 g/mol. The van der Waals surface area contributed by atoms with Gasteiger partial charge in [0.15, 0.2) is 4.60 Å². The molecule has 0 fully saturated rings. The van der Waals surface area contributed by atoms with Gasteiger partial charge in [-0.05, 0) is 75.2 Å². The van der Waals surface area contributed by atoms with Gasteiger partial charge in [0.25, 0.3) is 0 Å². The summed E-state index contributed by atoms with van der Waals surface area (Å²) in [5, 5.41) is 11.8. The summed E-state index contributed by atoms with van der Waals surface area (Å²) in [4.78, 5) is 0. The van der Waals surface area contributed by atoms with E-state index in [1.807, 2.05) is 11.7 Å². The SMILES string of the molecule is CCCNC(c1cc(Br)ccc1I)c1c(Br)nnn1C. The summed E-state index contributed by atoms with van der Waals surface area (Å²) in [7, 11) is 1.92. The Bertz CT molecular complexity index is 581. The predicted molar refractivity (Wildman–Crippen MR) is 95.7 cm³/mol. The number of aryl methyl sites for hydroxylation is 1. The fourth-order valence-corrected chi connectivity index (χ4v) is 3.61. The summed E-state index contributed by atoms with van der Waals surface area (Å²) < 4.78 is 4.88. The van der Waals surface area contributed by atoms with Crippen molar-refractivity contribution in [3.8, 4) is 0 Å². The molecule has 0 bridgehead atoms. The lowest BCUT2D eigenvalue weighted by atomic mass is 10.0. The van der Waals surface area contributed by atoms with Crippen LogP contribution >= 0.6 is 54.5 Å². The Morgan fingerprint density at radius 3 is 2.75 bits per heavy atom. The normalized spacial score (nSPS) is 12.7. The molecule has 7 heteroatoms. The lowest BCUT2D eigenvalue weighted by Gasteiger charge is -2.21. The maximum absolute atomic E-state index is 4.10. The molecule has 0 aliphatic heterocycles. The van der Waals surface area contributed by atoms with E-state index in [0.29, 0.717) is 0 Å². The van der Waals surface area contributed by atoms with Crippen LogP contribution in [0.2, 0.25) is 0 Å². The highest BCUT2D eigenvalue weighted by Gasteiger charge is 2.23. The molecule has 0 amide bonds. The van der Waals surface area contributed by atoms with E-state index in [9.17, 15) is 0 Å². The van der Waals surface area contributed by atoms with Crippen LogP contribution in [-0.2, 0) is 7.05 Å². The maximum atomic E-state index is 4.10. The first kappa shape index (κ1) is 16.4. The molecule has 1 heterocycles. The van der Waals surface area contributed by atoms with Crippen molar-refractivity contribution >= 4 is 54.5 Å². The smallest absolute Gasteiger partial charge is 0.153 e. The Labute approximate surface area is 149 Å². The second-order valence-corrected chi connectivity index (χ2v) is 7.27. The van der Waals surface area contributed by atoms with Gasteiger partial charge in [-0.25, -0.2) is 4.68 Å². The minimum atomic E-state index is 0.0636. The number of hydrogen-bond donors (Lipinski definition) is 1. The van der Waals surface area contributed by atoms with Crippen molar-refractivity contribution in [3.63, 3.8) is 0 Å². The molecule has 2 rings (SSSR count). The van der Waals surface area contributed by atoms with Gasteiger partial charge >= 0.3 is 0 Å². The van der Waals surface area contributed by atoms with Crippen LogP contribution in [0.1, 0.15) is 30.6 Å². The third-order valence-corrected chi connectivity index (χ3v) is 5.01. The highest BCUT2D eigenvalue weighted by atomic mass is 127. The highest BCUT2D eigenvalue weighted by Crippen LogP contribution is 2.31. The van der Waals surface area contributed by atoms with E-state index in [0.717, 1.165) is 27.7 Å². The minimum Gasteiger partial charge on any atom is -0.305 e. The van der Waals surface area contributed by atoms with Gasteiger partial charge in [-0.2, -0.15) is 0 Å². The number of aromatic nitrogens is 3. The fourth-order valence-electron chi connectivity index (χ4n) is 2.02. The average Bonchev–Trinajstić information content (AvgIpc) is 2.74. The van der Waals surface area contributed by atoms with E-state index >= 15 is 0 Å². The summed E-state index contributed by atoms with van der Waals surface area (Å²) in [6.07, 6.45) is 1.07. The van der Waals surface area contributed by atoms with Crippen molar-refractivity contribution < 1.29 is 0 Å². The molecule has 1 aromatic carbocycles. The Kier molecular flexibility index (Phi) is 6.00. The zero-order chi connectivity index (χ0) is 14.7. The second-order valence-electron chi connectivity index (χ2n) is 4.44. The lowest BCUT2D eigenvalue weighted by molar-refractivity contribution is 0.548. The average molecular weight is 514 g/mol. The molecule has 1 aromatic heterocycles. The number of hydrogen-bond acceptors (Lipinski definition) is 3. The van der Waals surface area contributed by atoms with E-state index in [1.54, 1.807) is 0 Å². The zero-order valence-electron chi connectivity index (χ0n) is 11.2. The van der Waals surface area contributed by atoms with Crippen LogP contribution in [0, 0.1) is 3.57 Å². The molecule has 0 aliphatic rings. The number of rotatable bonds is 5. The van der Waals surface area contributed by atoms with Crippen LogP contribution in [0.25, 0.3) is 0 Å². The number of nitrogens with zero attached hydrogens (tertiary/aromatic N) is 3. The molecule has 108 valence electrons. The lowest BCUT2D eigenvalue weighted by Crippen LogP contribution is -2.26. The van der Waals surface area contributed by atoms with Crippen LogP contribution in [0.15, 0.2) is 27.3 Å². The van der Waals surface area contributed by atoms with E-state index in [-0.39, 0.29) is 6.04 Å². The number of halogens is 3. The first-order chi connectivity index (χ1) is 9.54. The van der Waals surface area contributed by atoms with Crippen LogP contribution in [0.5, 0.6) is 0 Å². The fraction of sp³-hybridized carbons (Fsp3) is 0.385. The van der Waals surface area contributed by atoms with Crippen LogP contribution in [0.4, 0.5) is 0 Å². The molecule has 2 aromatic rings. The second kappa shape index (κ2) is 7.33. The van der Waals surface area contributed by atoms with Crippen molar-refractivity contribution in [3.05, 3.63) is 42.1 Å². The molecule has 0 spiro atoms. The van der Waals surface area contributed by atoms with Crippen molar-refractivity contribution in [2.75, 3.05) is 6.54 Å². The van der Waals surface area contributed by atoms with Crippen molar-refractivity contribution in [2.24, 2.45) is 7.05 Å². The molecule has 0 radical (unpaired) electrons. The van der Waals surface area contributed by atoms with Gasteiger partial charge in [-0.15, -0.1) is 5.10 Å². The molecule has 1 atom stereocenters. The van der Waals surface area contributed by atoms with Gasteiger partial charge in [-0.1, -0.05) is 28.1 Å². The minimum absolute atomic E-state index is 0.0636. The molecule has 0 saturated heterocycles. The van der Waals surface area contributed by atoms with Gasteiger partial charge in [-0.3, -0.25) is 0 Å². The predicted octanol–water partition coefficient (Wildman–Crippen LogP) is 4.03. The van der Waals surface area contributed by atoms with Crippen LogP contribution in [0.3, 0.4) is 0 Å². The quantitative estimate of drug-likeness (QED) is 0.614. The summed E-state index contributed by atoms with van der Waals surface area (Å²) in [6, 6.07) is 6.37. The topological polar surface area (TPSA) is 42.7 Å². The maximum Gasteiger partial charge on any atom is 0.153 e. The zero-order valence-corrected chi connectivity index (χ0v) is 16.5. The van der Waals surface area contributed by atoms with E-state index in [2.05, 4.69) is 95.2 Å². The molecular formula is C13H15Br2IN4. The molecule has 4 nitrogen and oxygen atoms in total. The molecule has 0 saturated carbocycles. The van der Waals surface area contributed by atoms with E-state index < -0.39 is 0 Å². The van der Waals surface area contributed by atoms with Crippen molar-refractivity contribution in [2.45, 2.75) is 19.4 Å². The number of nitrogens with one attached hydrogen (secondary N) is 1. The Hall–Kier alpha value is 0.01000. The van der Waals surface area contributed by atoms with Gasteiger partial charge in [0.1, 0.15) is 0 Å². The Morgan fingerprint density at radius 1 is 1.40 bits per heavy atom. The summed E-state index contributed by atoms with van der Waals surface area (Å²) in [5.41, 5.74) is 2.26. The molecule has 20 heavy (non-hydrogen) atoms. The third kappa shape index (κ3) is 3.61. The third-order valence-electron chi connectivity index (χ3n) is 2.97. The highest BCUT2D eigenvalue weighted by molar-refractivity contribution is 14.1. The monoisotopic (exact) mass is 512 g/mol. The standard InChI is InChI=1S/C13H15Br2IN4/c1-3-6-17-11(12-13(15)18-19-20(12)2)9-7-8(14)4-5-10(9)16/h4-5,7,11,17H,3,6H2,1-2H3. The van der Waals surface area contributed by atoms with E-state index in [4.69, 9.17) is 0 Å². The number of benzene rings is 1. The van der Waals surface area contributed by atoms with Crippen LogP contribution in [-0.4, -0.2) is 21.5 Å². The largest absolute Gasteiger partial charge is 0.305 e. The van der Waals surface area contributed by atoms with Crippen molar-refractivity contribution in [1.29, 1.82) is 0 Å². The summed E-state index contributed by atoms with van der Waals surface area (Å²) in [6.45, 7) is 3.09. The van der Waals surface area contributed by atoms with E-state index in [1.165, 1.54) is 9.13 Å². The molecule has 1 N–H and O–H groups in total. The Balaban J connectivity index is 2.50. The first-order valence-corrected chi connectivity index (χ1v) is 8.94. The molecule has 0 aliphatic carbocycles. The van der Waals surface area contributed by atoms with Crippen LogP contribution < -0.4 is 5.32 Å². The van der Waals surface area contributed by atoms with Gasteiger partial charge in [0, 0.05) is 15.1 Å². The summed E-state index contributed by atoms with van der Waals surface area (Å²) >= 11 is 9.42. The molecule has 1 unspecified atom stereocenters. The van der Waals surface area contributed by atoms with Crippen molar-refractivity contribution in [1.82, 2.24) is 20.3 Å². The Morgan fingerprint density at radius 2 is 2.15 bits per heavy atom. The first-order valence-electron chi connectivity index (χ1n) is 6.28. The van der Waals surface area contributed by atoms with Gasteiger partial charge < -0.3 is 5.32 Å². The summed E-state index contributed by atoms with van der Waals surface area (Å²) in [5.74, 6) is 0. The van der Waals surface area contributed by atoms with Gasteiger partial charge in [0.05, 0.1) is 11.7 Å². The van der Waals surface area contributed by atoms with Gasteiger partial charge in [0.2, 0.25) is 0 Å².